The van der Waals surface area contributed by atoms with Crippen molar-refractivity contribution in [1.29, 1.82) is 0 Å². The second-order valence-corrected chi connectivity index (χ2v) is 7.48. The van der Waals surface area contributed by atoms with Crippen LogP contribution in [0.5, 0.6) is 11.5 Å². The van der Waals surface area contributed by atoms with Crippen molar-refractivity contribution in [3.05, 3.63) is 66.1 Å². The van der Waals surface area contributed by atoms with Gasteiger partial charge in [-0.25, -0.2) is 4.98 Å². The molecular weight excluding hydrogens is 392 g/mol. The molecule has 3 aromatic rings. The maximum absolute atomic E-state index is 12.6. The Labute approximate surface area is 182 Å². The molecule has 0 N–H and O–H groups in total. The van der Waals surface area contributed by atoms with Crippen LogP contribution in [0.2, 0.25) is 0 Å². The van der Waals surface area contributed by atoms with E-state index < -0.39 is 0 Å². The van der Waals surface area contributed by atoms with Crippen molar-refractivity contribution in [2.75, 3.05) is 39.9 Å². The zero-order valence-corrected chi connectivity index (χ0v) is 18.0. The van der Waals surface area contributed by atoms with Gasteiger partial charge in [0.25, 0.3) is 0 Å². The Bertz CT molecular complexity index is 1030. The number of fused-ring (bicyclic) bond motifs is 1. The highest BCUT2D eigenvalue weighted by Crippen LogP contribution is 2.28. The van der Waals surface area contributed by atoms with Crippen molar-refractivity contribution in [2.24, 2.45) is 0 Å². The van der Waals surface area contributed by atoms with E-state index in [1.54, 1.807) is 13.2 Å². The molecule has 2 aromatic heterocycles. The van der Waals surface area contributed by atoms with Crippen molar-refractivity contribution >= 4 is 17.6 Å². The number of ether oxygens (including phenoxy) is 2. The summed E-state index contributed by atoms with van der Waals surface area (Å²) < 4.78 is 13.0. The topological polar surface area (TPSA) is 59.3 Å². The Balaban J connectivity index is 1.30. The standard InChI is InChI=1S/C24H28N4O3/c1-3-31-21-9-7-19(16-22(21)30-2)8-10-24(29)27-14-12-26(13-15-27)17-20-18-28-11-5-4-6-23(28)25-20/h4-11,16,18H,3,12-15,17H2,1-2H3/b10-8+. The van der Waals surface area contributed by atoms with Crippen molar-refractivity contribution in [3.63, 3.8) is 0 Å². The van der Waals surface area contributed by atoms with E-state index in [-0.39, 0.29) is 5.91 Å². The first-order valence-electron chi connectivity index (χ1n) is 10.6. The zero-order valence-electron chi connectivity index (χ0n) is 18.0. The fourth-order valence-electron chi connectivity index (χ4n) is 3.75. The average molecular weight is 421 g/mol. The van der Waals surface area contributed by atoms with Crippen molar-refractivity contribution in [2.45, 2.75) is 13.5 Å². The minimum Gasteiger partial charge on any atom is -0.493 e. The number of piperazine rings is 1. The molecule has 1 fully saturated rings. The first-order valence-corrected chi connectivity index (χ1v) is 10.6. The Morgan fingerprint density at radius 3 is 2.71 bits per heavy atom. The van der Waals surface area contributed by atoms with E-state index in [4.69, 9.17) is 9.47 Å². The summed E-state index contributed by atoms with van der Waals surface area (Å²) in [5.74, 6) is 1.40. The van der Waals surface area contributed by atoms with Gasteiger partial charge in [-0.05, 0) is 42.8 Å². The van der Waals surface area contributed by atoms with Crippen molar-refractivity contribution < 1.29 is 14.3 Å². The lowest BCUT2D eigenvalue weighted by Gasteiger charge is -2.33. The number of amides is 1. The zero-order chi connectivity index (χ0) is 21.6. The molecule has 7 heteroatoms. The summed E-state index contributed by atoms with van der Waals surface area (Å²) in [7, 11) is 1.61. The number of carbonyl (C=O) groups is 1. The average Bonchev–Trinajstić information content (AvgIpc) is 3.21. The molecule has 0 atom stereocenters. The van der Waals surface area contributed by atoms with Crippen LogP contribution in [0, 0.1) is 0 Å². The van der Waals surface area contributed by atoms with E-state index >= 15 is 0 Å². The first kappa shape index (κ1) is 20.9. The lowest BCUT2D eigenvalue weighted by Crippen LogP contribution is -2.47. The predicted octanol–water partition coefficient (Wildman–Crippen LogP) is 3.10. The quantitative estimate of drug-likeness (QED) is 0.550. The number of aromatic nitrogens is 2. The van der Waals surface area contributed by atoms with Gasteiger partial charge in [0.05, 0.1) is 19.4 Å². The van der Waals surface area contributed by atoms with E-state index in [1.807, 2.05) is 64.9 Å². The summed E-state index contributed by atoms with van der Waals surface area (Å²) in [5, 5.41) is 0. The van der Waals surface area contributed by atoms with Gasteiger partial charge in [0, 0.05) is 51.2 Å². The van der Waals surface area contributed by atoms with Crippen LogP contribution in [0.3, 0.4) is 0 Å². The summed E-state index contributed by atoms with van der Waals surface area (Å²) in [6.07, 6.45) is 7.53. The highest BCUT2D eigenvalue weighted by Gasteiger charge is 2.20. The normalized spacial score (nSPS) is 15.0. The molecular formula is C24H28N4O3. The monoisotopic (exact) mass is 420 g/mol. The molecule has 0 unspecified atom stereocenters. The number of hydrogen-bond acceptors (Lipinski definition) is 5. The molecule has 7 nitrogen and oxygen atoms in total. The SMILES string of the molecule is CCOc1ccc(/C=C/C(=O)N2CCN(Cc3cn4ccccc4n3)CC2)cc1OC. The summed E-state index contributed by atoms with van der Waals surface area (Å²) in [4.78, 5) is 21.5. The van der Waals surface area contributed by atoms with E-state index in [9.17, 15) is 4.79 Å². The third-order valence-corrected chi connectivity index (χ3v) is 5.39. The third-order valence-electron chi connectivity index (χ3n) is 5.39. The fourth-order valence-corrected chi connectivity index (χ4v) is 3.75. The van der Waals surface area contributed by atoms with Crippen molar-refractivity contribution in [1.82, 2.24) is 19.2 Å². The first-order chi connectivity index (χ1) is 15.2. The molecule has 1 saturated heterocycles. The van der Waals surface area contributed by atoms with Gasteiger partial charge < -0.3 is 18.8 Å². The van der Waals surface area contributed by atoms with Gasteiger partial charge in [-0.15, -0.1) is 0 Å². The number of nitrogens with zero attached hydrogens (tertiary/aromatic N) is 4. The largest absolute Gasteiger partial charge is 0.493 e. The summed E-state index contributed by atoms with van der Waals surface area (Å²) >= 11 is 0. The second kappa shape index (κ2) is 9.66. The van der Waals surface area contributed by atoms with E-state index in [1.165, 1.54) is 0 Å². The number of pyridine rings is 1. The van der Waals surface area contributed by atoms with Crippen molar-refractivity contribution in [3.8, 4) is 11.5 Å². The molecule has 1 aliphatic rings. The summed E-state index contributed by atoms with van der Waals surface area (Å²) in [6, 6.07) is 11.7. The number of rotatable bonds is 7. The molecule has 0 bridgehead atoms. The van der Waals surface area contributed by atoms with Crippen LogP contribution < -0.4 is 9.47 Å². The molecule has 0 saturated carbocycles. The molecule has 1 amide bonds. The van der Waals surface area contributed by atoms with Crippen LogP contribution in [0.4, 0.5) is 0 Å². The fraction of sp³-hybridized carbons (Fsp3) is 0.333. The molecule has 162 valence electrons. The Kier molecular flexibility index (Phi) is 6.52. The predicted molar refractivity (Wildman–Crippen MR) is 120 cm³/mol. The van der Waals surface area contributed by atoms with Gasteiger partial charge in [-0.2, -0.15) is 0 Å². The minimum absolute atomic E-state index is 0.0280. The Morgan fingerprint density at radius 1 is 1.13 bits per heavy atom. The second-order valence-electron chi connectivity index (χ2n) is 7.48. The number of methoxy groups -OCH3 is 1. The highest BCUT2D eigenvalue weighted by atomic mass is 16.5. The molecule has 1 aromatic carbocycles. The molecule has 4 rings (SSSR count). The van der Waals surface area contributed by atoms with Gasteiger partial charge in [0.15, 0.2) is 11.5 Å². The number of carbonyl (C=O) groups excluding carboxylic acids is 1. The van der Waals surface area contributed by atoms with Crippen LogP contribution >= 0.6 is 0 Å². The van der Waals surface area contributed by atoms with Gasteiger partial charge in [0.2, 0.25) is 5.91 Å². The van der Waals surface area contributed by atoms with Crippen LogP contribution in [0.1, 0.15) is 18.2 Å². The molecule has 3 heterocycles. The lowest BCUT2D eigenvalue weighted by atomic mass is 10.2. The van der Waals surface area contributed by atoms with E-state index in [2.05, 4.69) is 16.1 Å². The van der Waals surface area contributed by atoms with Gasteiger partial charge in [0.1, 0.15) is 5.65 Å². The highest BCUT2D eigenvalue weighted by molar-refractivity contribution is 5.92. The van der Waals surface area contributed by atoms with Crippen LogP contribution in [0.25, 0.3) is 11.7 Å². The smallest absolute Gasteiger partial charge is 0.246 e. The molecule has 0 radical (unpaired) electrons. The van der Waals surface area contributed by atoms with Crippen LogP contribution in [-0.2, 0) is 11.3 Å². The summed E-state index contributed by atoms with van der Waals surface area (Å²) in [6.45, 7) is 6.41. The number of imidazole rings is 1. The summed E-state index contributed by atoms with van der Waals surface area (Å²) in [5.41, 5.74) is 2.91. The van der Waals surface area contributed by atoms with Crippen LogP contribution in [-0.4, -0.2) is 65.0 Å². The maximum Gasteiger partial charge on any atom is 0.246 e. The molecule has 31 heavy (non-hydrogen) atoms. The number of hydrogen-bond donors (Lipinski definition) is 0. The Morgan fingerprint density at radius 2 is 1.97 bits per heavy atom. The molecule has 0 spiro atoms. The van der Waals surface area contributed by atoms with Gasteiger partial charge >= 0.3 is 0 Å². The van der Waals surface area contributed by atoms with E-state index in [0.717, 1.165) is 36.5 Å². The van der Waals surface area contributed by atoms with Crippen LogP contribution in [0.15, 0.2) is 54.9 Å². The molecule has 1 aliphatic heterocycles. The maximum atomic E-state index is 12.6. The van der Waals surface area contributed by atoms with Gasteiger partial charge in [-0.1, -0.05) is 12.1 Å². The Hall–Kier alpha value is -3.32. The third kappa shape index (κ3) is 5.06. The molecule has 0 aliphatic carbocycles. The number of benzene rings is 1. The van der Waals surface area contributed by atoms with Gasteiger partial charge in [-0.3, -0.25) is 9.69 Å². The minimum atomic E-state index is 0.0280. The lowest BCUT2D eigenvalue weighted by molar-refractivity contribution is -0.127. The van der Waals surface area contributed by atoms with E-state index in [0.29, 0.717) is 31.2 Å².